The third-order valence-electron chi connectivity index (χ3n) is 3.59. The molecule has 0 amide bonds. The zero-order chi connectivity index (χ0) is 13.9. The standard InChI is InChI=1S/C15H20O4/c1-15(8-4-5-9-19-15)14(16)11-6-7-12(17-2)13(10-11)18-3/h6-7,10H,4-5,8-9H2,1-3H3. The van der Waals surface area contributed by atoms with Crippen molar-refractivity contribution in [2.24, 2.45) is 0 Å². The van der Waals surface area contributed by atoms with Crippen LogP contribution in [0.3, 0.4) is 0 Å². The second-order valence-electron chi connectivity index (χ2n) is 4.94. The van der Waals surface area contributed by atoms with E-state index in [0.717, 1.165) is 19.3 Å². The Balaban J connectivity index is 2.28. The average molecular weight is 264 g/mol. The fourth-order valence-electron chi connectivity index (χ4n) is 2.40. The lowest BCUT2D eigenvalue weighted by Gasteiger charge is -2.32. The molecule has 19 heavy (non-hydrogen) atoms. The van der Waals surface area contributed by atoms with E-state index in [2.05, 4.69) is 0 Å². The molecular formula is C15H20O4. The molecule has 1 aromatic rings. The largest absolute Gasteiger partial charge is 0.493 e. The summed E-state index contributed by atoms with van der Waals surface area (Å²) >= 11 is 0. The number of ether oxygens (including phenoxy) is 3. The summed E-state index contributed by atoms with van der Waals surface area (Å²) in [5, 5.41) is 0. The normalized spacial score (nSPS) is 22.9. The highest BCUT2D eigenvalue weighted by Gasteiger charge is 2.36. The smallest absolute Gasteiger partial charge is 0.194 e. The van der Waals surface area contributed by atoms with Crippen molar-refractivity contribution in [1.82, 2.24) is 0 Å². The highest BCUT2D eigenvalue weighted by molar-refractivity contribution is 6.02. The van der Waals surface area contributed by atoms with Crippen molar-refractivity contribution in [1.29, 1.82) is 0 Å². The molecule has 0 aliphatic carbocycles. The number of methoxy groups -OCH3 is 2. The van der Waals surface area contributed by atoms with E-state index in [0.29, 0.717) is 23.7 Å². The van der Waals surface area contributed by atoms with E-state index in [1.807, 2.05) is 6.92 Å². The SMILES string of the molecule is COc1ccc(C(=O)C2(C)CCCCO2)cc1OC. The van der Waals surface area contributed by atoms with Crippen molar-refractivity contribution < 1.29 is 19.0 Å². The van der Waals surface area contributed by atoms with Gasteiger partial charge in [-0.1, -0.05) is 0 Å². The summed E-state index contributed by atoms with van der Waals surface area (Å²) in [7, 11) is 3.13. The van der Waals surface area contributed by atoms with E-state index in [1.165, 1.54) is 0 Å². The predicted octanol–water partition coefficient (Wildman–Crippen LogP) is 2.85. The zero-order valence-electron chi connectivity index (χ0n) is 11.7. The molecule has 0 saturated carbocycles. The number of ketones is 1. The molecule has 1 aliphatic rings. The molecule has 2 rings (SSSR count). The van der Waals surface area contributed by atoms with E-state index >= 15 is 0 Å². The minimum absolute atomic E-state index is 0.00755. The van der Waals surface area contributed by atoms with Gasteiger partial charge in [-0.2, -0.15) is 0 Å². The van der Waals surface area contributed by atoms with Crippen molar-refractivity contribution in [2.45, 2.75) is 31.8 Å². The second-order valence-corrected chi connectivity index (χ2v) is 4.94. The highest BCUT2D eigenvalue weighted by atomic mass is 16.5. The lowest BCUT2D eigenvalue weighted by atomic mass is 9.87. The fourth-order valence-corrected chi connectivity index (χ4v) is 2.40. The van der Waals surface area contributed by atoms with E-state index < -0.39 is 5.60 Å². The molecule has 0 radical (unpaired) electrons. The van der Waals surface area contributed by atoms with E-state index in [1.54, 1.807) is 32.4 Å². The third kappa shape index (κ3) is 2.73. The summed E-state index contributed by atoms with van der Waals surface area (Å²) in [6.45, 7) is 2.51. The van der Waals surface area contributed by atoms with Crippen LogP contribution in [-0.2, 0) is 4.74 Å². The Morgan fingerprint density at radius 3 is 2.53 bits per heavy atom. The lowest BCUT2D eigenvalue weighted by Crippen LogP contribution is -2.41. The van der Waals surface area contributed by atoms with E-state index in [4.69, 9.17) is 14.2 Å². The van der Waals surface area contributed by atoms with Gasteiger partial charge in [0.15, 0.2) is 17.3 Å². The average Bonchev–Trinajstić information content (AvgIpc) is 2.46. The first-order chi connectivity index (χ1) is 9.10. The zero-order valence-corrected chi connectivity index (χ0v) is 11.7. The molecule has 1 saturated heterocycles. The summed E-state index contributed by atoms with van der Waals surface area (Å²) in [6, 6.07) is 5.22. The number of carbonyl (C=O) groups excluding carboxylic acids is 1. The van der Waals surface area contributed by atoms with Gasteiger partial charge in [0, 0.05) is 12.2 Å². The molecule has 4 heteroatoms. The molecule has 0 aromatic heterocycles. The summed E-state index contributed by atoms with van der Waals surface area (Å²) in [5.41, 5.74) is -0.111. The molecule has 1 aliphatic heterocycles. The van der Waals surface area contributed by atoms with Crippen molar-refractivity contribution in [2.75, 3.05) is 20.8 Å². The van der Waals surface area contributed by atoms with Crippen LogP contribution < -0.4 is 9.47 Å². The van der Waals surface area contributed by atoms with Gasteiger partial charge in [0.05, 0.1) is 14.2 Å². The van der Waals surface area contributed by atoms with Gasteiger partial charge in [0.2, 0.25) is 0 Å². The quantitative estimate of drug-likeness (QED) is 0.784. The minimum atomic E-state index is -0.710. The maximum atomic E-state index is 12.6. The molecular weight excluding hydrogens is 244 g/mol. The minimum Gasteiger partial charge on any atom is -0.493 e. The second kappa shape index (κ2) is 5.61. The highest BCUT2D eigenvalue weighted by Crippen LogP contribution is 2.32. The topological polar surface area (TPSA) is 44.8 Å². The fraction of sp³-hybridized carbons (Fsp3) is 0.533. The molecule has 0 spiro atoms. The van der Waals surface area contributed by atoms with Crippen molar-refractivity contribution in [3.05, 3.63) is 23.8 Å². The van der Waals surface area contributed by atoms with Crippen LogP contribution in [0, 0.1) is 0 Å². The summed E-state index contributed by atoms with van der Waals surface area (Å²) in [6.07, 6.45) is 2.81. The Bertz CT molecular complexity index is 461. The number of benzene rings is 1. The van der Waals surface area contributed by atoms with Crippen molar-refractivity contribution in [3.63, 3.8) is 0 Å². The van der Waals surface area contributed by atoms with Gasteiger partial charge in [-0.15, -0.1) is 0 Å². The maximum Gasteiger partial charge on any atom is 0.194 e. The molecule has 1 aromatic carbocycles. The molecule has 1 unspecified atom stereocenters. The molecule has 0 bridgehead atoms. The van der Waals surface area contributed by atoms with Crippen LogP contribution in [-0.4, -0.2) is 32.2 Å². The molecule has 1 heterocycles. The summed E-state index contributed by atoms with van der Waals surface area (Å²) < 4.78 is 16.1. The summed E-state index contributed by atoms with van der Waals surface area (Å²) in [5.74, 6) is 1.19. The van der Waals surface area contributed by atoms with Crippen LogP contribution in [0.2, 0.25) is 0 Å². The van der Waals surface area contributed by atoms with Crippen LogP contribution in [0.5, 0.6) is 11.5 Å². The van der Waals surface area contributed by atoms with Crippen LogP contribution >= 0.6 is 0 Å². The first kappa shape index (κ1) is 13.9. The Labute approximate surface area is 113 Å². The van der Waals surface area contributed by atoms with Gasteiger partial charge < -0.3 is 14.2 Å². The Kier molecular flexibility index (Phi) is 4.10. The third-order valence-corrected chi connectivity index (χ3v) is 3.59. The van der Waals surface area contributed by atoms with E-state index in [-0.39, 0.29) is 5.78 Å². The van der Waals surface area contributed by atoms with Gasteiger partial charge >= 0.3 is 0 Å². The molecule has 1 fully saturated rings. The van der Waals surface area contributed by atoms with Crippen molar-refractivity contribution >= 4 is 5.78 Å². The van der Waals surface area contributed by atoms with Gasteiger partial charge in [-0.25, -0.2) is 0 Å². The number of Topliss-reactive ketones (excluding diaryl/α,β-unsaturated/α-hetero) is 1. The first-order valence-electron chi connectivity index (χ1n) is 6.51. The number of rotatable bonds is 4. The number of carbonyl (C=O) groups is 1. The van der Waals surface area contributed by atoms with Crippen LogP contribution in [0.1, 0.15) is 36.5 Å². The Hall–Kier alpha value is -1.55. The van der Waals surface area contributed by atoms with Crippen LogP contribution in [0.15, 0.2) is 18.2 Å². The summed E-state index contributed by atoms with van der Waals surface area (Å²) in [4.78, 5) is 12.6. The number of hydrogen-bond donors (Lipinski definition) is 0. The van der Waals surface area contributed by atoms with Gasteiger partial charge in [-0.3, -0.25) is 4.79 Å². The van der Waals surface area contributed by atoms with Crippen LogP contribution in [0.25, 0.3) is 0 Å². The Morgan fingerprint density at radius 2 is 1.95 bits per heavy atom. The van der Waals surface area contributed by atoms with Crippen LogP contribution in [0.4, 0.5) is 0 Å². The maximum absolute atomic E-state index is 12.6. The first-order valence-corrected chi connectivity index (χ1v) is 6.51. The van der Waals surface area contributed by atoms with Gasteiger partial charge in [0.1, 0.15) is 5.60 Å². The van der Waals surface area contributed by atoms with E-state index in [9.17, 15) is 4.79 Å². The van der Waals surface area contributed by atoms with Gasteiger partial charge in [-0.05, 0) is 44.4 Å². The monoisotopic (exact) mass is 264 g/mol. The molecule has 0 N–H and O–H groups in total. The molecule has 4 nitrogen and oxygen atoms in total. The predicted molar refractivity (Wildman–Crippen MR) is 72.1 cm³/mol. The molecule has 1 atom stereocenters. The van der Waals surface area contributed by atoms with Crippen molar-refractivity contribution in [3.8, 4) is 11.5 Å². The van der Waals surface area contributed by atoms with Gasteiger partial charge in [0.25, 0.3) is 0 Å². The molecule has 104 valence electrons. The number of hydrogen-bond acceptors (Lipinski definition) is 4. The Morgan fingerprint density at radius 1 is 1.21 bits per heavy atom. The lowest BCUT2D eigenvalue weighted by molar-refractivity contribution is -0.0426.